The molecule has 18 heavy (non-hydrogen) atoms. The molecule has 0 spiro atoms. The highest BCUT2D eigenvalue weighted by atomic mass is 16.7. The van der Waals surface area contributed by atoms with E-state index in [0.717, 1.165) is 5.06 Å². The predicted molar refractivity (Wildman–Crippen MR) is 61.6 cm³/mol. The molecule has 1 atom stereocenters. The fraction of sp³-hybridized carbons (Fsp3) is 0.727. The predicted octanol–water partition coefficient (Wildman–Crippen LogP) is 0.740. The largest absolute Gasteiger partial charge is 0.481 e. The number of hydrogen-bond acceptors (Lipinski definition) is 5. The van der Waals surface area contributed by atoms with Gasteiger partial charge < -0.3 is 15.1 Å². The number of carboxylic acids is 2. The van der Waals surface area contributed by atoms with Gasteiger partial charge in [0.25, 0.3) is 0 Å². The van der Waals surface area contributed by atoms with Crippen molar-refractivity contribution in [2.24, 2.45) is 5.41 Å². The molecule has 0 amide bonds. The third-order valence-corrected chi connectivity index (χ3v) is 2.19. The minimum Gasteiger partial charge on any atom is -0.481 e. The quantitative estimate of drug-likeness (QED) is 0.679. The van der Waals surface area contributed by atoms with Crippen LogP contribution in [-0.4, -0.2) is 46.3 Å². The van der Waals surface area contributed by atoms with Crippen molar-refractivity contribution in [2.75, 3.05) is 7.05 Å². The van der Waals surface area contributed by atoms with Gasteiger partial charge in [-0.15, -0.1) is 5.06 Å². The van der Waals surface area contributed by atoms with E-state index in [4.69, 9.17) is 15.1 Å². The number of hydrogen-bond donors (Lipinski definition) is 2. The van der Waals surface area contributed by atoms with Gasteiger partial charge in [-0.25, -0.2) is 4.79 Å². The third-order valence-electron chi connectivity index (χ3n) is 2.19. The number of carboxylic acid groups (broad SMARTS) is 2. The molecule has 0 saturated heterocycles. The van der Waals surface area contributed by atoms with E-state index < -0.39 is 29.4 Å². The summed E-state index contributed by atoms with van der Waals surface area (Å²) in [6, 6.07) is -1.17. The molecule has 104 valence electrons. The molecule has 0 fully saturated rings. The van der Waals surface area contributed by atoms with E-state index in [1.807, 2.05) is 0 Å². The van der Waals surface area contributed by atoms with Crippen LogP contribution in [0.1, 0.15) is 33.6 Å². The summed E-state index contributed by atoms with van der Waals surface area (Å²) < 4.78 is 0. The molecule has 0 bridgehead atoms. The fourth-order valence-electron chi connectivity index (χ4n) is 1.05. The normalized spacial score (nSPS) is 13.2. The zero-order valence-electron chi connectivity index (χ0n) is 11.0. The Bertz CT molecular complexity index is 333. The van der Waals surface area contributed by atoms with Crippen LogP contribution in [0.25, 0.3) is 0 Å². The van der Waals surface area contributed by atoms with Crippen LogP contribution in [0.5, 0.6) is 0 Å². The first-order valence-electron chi connectivity index (χ1n) is 5.45. The van der Waals surface area contributed by atoms with E-state index in [0.29, 0.717) is 0 Å². The summed E-state index contributed by atoms with van der Waals surface area (Å²) >= 11 is 0. The molecule has 1 unspecified atom stereocenters. The molecule has 0 aromatic rings. The summed E-state index contributed by atoms with van der Waals surface area (Å²) in [6.45, 7) is 4.91. The molecule has 7 nitrogen and oxygen atoms in total. The maximum Gasteiger partial charge on any atom is 0.330 e. The van der Waals surface area contributed by atoms with Crippen LogP contribution in [0.2, 0.25) is 0 Å². The molecule has 0 aliphatic rings. The average Bonchev–Trinajstić information content (AvgIpc) is 2.14. The van der Waals surface area contributed by atoms with Crippen molar-refractivity contribution in [1.82, 2.24) is 5.06 Å². The summed E-state index contributed by atoms with van der Waals surface area (Å²) in [7, 11) is 1.30. The van der Waals surface area contributed by atoms with Gasteiger partial charge in [0.15, 0.2) is 0 Å². The molecule has 0 rings (SSSR count). The van der Waals surface area contributed by atoms with E-state index in [1.54, 1.807) is 20.8 Å². The second kappa shape index (κ2) is 6.34. The molecular formula is C11H19NO6. The Labute approximate surface area is 105 Å². The Hall–Kier alpha value is -1.63. The maximum absolute atomic E-state index is 11.6. The Morgan fingerprint density at radius 2 is 1.72 bits per heavy atom. The molecule has 0 radical (unpaired) electrons. The molecule has 0 heterocycles. The van der Waals surface area contributed by atoms with Gasteiger partial charge >= 0.3 is 17.9 Å². The molecule has 0 aromatic carbocycles. The zero-order valence-corrected chi connectivity index (χ0v) is 11.0. The van der Waals surface area contributed by atoms with E-state index in [1.165, 1.54) is 7.05 Å². The molecule has 7 heteroatoms. The minimum absolute atomic E-state index is 0.140. The van der Waals surface area contributed by atoms with Gasteiger partial charge in [-0.2, -0.15) is 0 Å². The van der Waals surface area contributed by atoms with Crippen molar-refractivity contribution in [3.8, 4) is 0 Å². The summed E-state index contributed by atoms with van der Waals surface area (Å²) in [6.07, 6.45) is -0.451. The first-order chi connectivity index (χ1) is 8.05. The summed E-state index contributed by atoms with van der Waals surface area (Å²) in [5.74, 6) is -2.91. The van der Waals surface area contributed by atoms with Gasteiger partial charge in [0.1, 0.15) is 6.04 Å². The number of likely N-dealkylation sites (N-methyl/N-ethyl adjacent to an activating group) is 1. The van der Waals surface area contributed by atoms with Crippen LogP contribution in [-0.2, 0) is 19.2 Å². The third kappa shape index (κ3) is 5.62. The SMILES string of the molecule is CN(OC(=O)C(C)(C)C)C(CCC(=O)O)C(=O)O. The number of carbonyl (C=O) groups excluding carboxylic acids is 1. The molecule has 0 aliphatic heterocycles. The minimum atomic E-state index is -1.24. The van der Waals surface area contributed by atoms with E-state index in [9.17, 15) is 14.4 Å². The van der Waals surface area contributed by atoms with E-state index in [2.05, 4.69) is 0 Å². The monoisotopic (exact) mass is 261 g/mol. The van der Waals surface area contributed by atoms with Crippen LogP contribution in [0.4, 0.5) is 0 Å². The second-order valence-electron chi connectivity index (χ2n) is 4.96. The highest BCUT2D eigenvalue weighted by Gasteiger charge is 2.30. The van der Waals surface area contributed by atoms with E-state index in [-0.39, 0.29) is 12.8 Å². The Kier molecular flexibility index (Phi) is 5.77. The van der Waals surface area contributed by atoms with Crippen molar-refractivity contribution in [1.29, 1.82) is 0 Å². The molecule has 0 aliphatic carbocycles. The standard InChI is InChI=1S/C11H19NO6/c1-11(2,3)10(17)18-12(4)7(9(15)16)5-6-8(13)14/h7H,5-6H2,1-4H3,(H,13,14)(H,15,16). The van der Waals surface area contributed by atoms with Crippen LogP contribution in [0, 0.1) is 5.41 Å². The van der Waals surface area contributed by atoms with Crippen LogP contribution in [0.3, 0.4) is 0 Å². The highest BCUT2D eigenvalue weighted by molar-refractivity contribution is 5.77. The second-order valence-corrected chi connectivity index (χ2v) is 4.96. The number of aliphatic carboxylic acids is 2. The van der Waals surface area contributed by atoms with Crippen LogP contribution in [0.15, 0.2) is 0 Å². The Morgan fingerprint density at radius 1 is 1.22 bits per heavy atom. The van der Waals surface area contributed by atoms with Gasteiger partial charge in [-0.1, -0.05) is 0 Å². The van der Waals surface area contributed by atoms with Gasteiger partial charge in [0.2, 0.25) is 0 Å². The van der Waals surface area contributed by atoms with Gasteiger partial charge in [0.05, 0.1) is 5.41 Å². The highest BCUT2D eigenvalue weighted by Crippen LogP contribution is 2.17. The summed E-state index contributed by atoms with van der Waals surface area (Å²) in [5.41, 5.74) is -0.760. The average molecular weight is 261 g/mol. The van der Waals surface area contributed by atoms with Crippen LogP contribution < -0.4 is 0 Å². The number of rotatable bonds is 6. The fourth-order valence-corrected chi connectivity index (χ4v) is 1.05. The smallest absolute Gasteiger partial charge is 0.330 e. The first-order valence-corrected chi connectivity index (χ1v) is 5.45. The van der Waals surface area contributed by atoms with Crippen LogP contribution >= 0.6 is 0 Å². The lowest BCUT2D eigenvalue weighted by molar-refractivity contribution is -0.207. The van der Waals surface area contributed by atoms with Gasteiger partial charge in [0, 0.05) is 13.5 Å². The molecular weight excluding hydrogens is 242 g/mol. The Balaban J connectivity index is 4.58. The van der Waals surface area contributed by atoms with Gasteiger partial charge in [-0.05, 0) is 27.2 Å². The van der Waals surface area contributed by atoms with Crippen molar-refractivity contribution in [2.45, 2.75) is 39.7 Å². The van der Waals surface area contributed by atoms with Crippen molar-refractivity contribution in [3.63, 3.8) is 0 Å². The zero-order chi connectivity index (χ0) is 14.5. The maximum atomic E-state index is 11.6. The lowest BCUT2D eigenvalue weighted by Gasteiger charge is -2.26. The van der Waals surface area contributed by atoms with E-state index >= 15 is 0 Å². The summed E-state index contributed by atoms with van der Waals surface area (Å²) in [5, 5.41) is 18.4. The van der Waals surface area contributed by atoms with Crippen molar-refractivity contribution < 1.29 is 29.4 Å². The van der Waals surface area contributed by atoms with Crippen molar-refractivity contribution >= 4 is 17.9 Å². The lowest BCUT2D eigenvalue weighted by atomic mass is 9.98. The van der Waals surface area contributed by atoms with Crippen molar-refractivity contribution in [3.05, 3.63) is 0 Å². The molecule has 2 N–H and O–H groups in total. The number of hydroxylamine groups is 2. The Morgan fingerprint density at radius 3 is 2.06 bits per heavy atom. The molecule has 0 saturated carbocycles. The molecule has 0 aromatic heterocycles. The number of carbonyl (C=O) groups is 3. The van der Waals surface area contributed by atoms with Gasteiger partial charge in [-0.3, -0.25) is 9.59 Å². The first kappa shape index (κ1) is 16.4. The number of nitrogens with zero attached hydrogens (tertiary/aromatic N) is 1. The summed E-state index contributed by atoms with van der Waals surface area (Å²) in [4.78, 5) is 37.8. The lowest BCUT2D eigenvalue weighted by Crippen LogP contribution is -2.42. The topological polar surface area (TPSA) is 104 Å².